The molecule has 1 aromatic rings. The number of benzene rings is 1. The second-order valence-electron chi connectivity index (χ2n) is 6.43. The molecule has 0 heterocycles. The number of aliphatic hydroxyl groups excluding tert-OH is 1. The van der Waals surface area contributed by atoms with E-state index in [0.717, 1.165) is 18.2 Å². The molecular formula is C17H23F2NO6. The molecule has 0 aliphatic carbocycles. The van der Waals surface area contributed by atoms with E-state index in [1.54, 1.807) is 20.8 Å². The number of aliphatic hydroxyl groups is 1. The van der Waals surface area contributed by atoms with Crippen LogP contribution in [-0.2, 0) is 14.3 Å². The number of carbonyl (C=O) groups excluding carboxylic acids is 2. The van der Waals surface area contributed by atoms with Gasteiger partial charge in [0.05, 0.1) is 6.04 Å². The van der Waals surface area contributed by atoms with Crippen molar-refractivity contribution in [3.05, 3.63) is 29.8 Å². The summed E-state index contributed by atoms with van der Waals surface area (Å²) in [7, 11) is 1.21. The Bertz CT molecular complexity index is 612. The summed E-state index contributed by atoms with van der Waals surface area (Å²) < 4.78 is 41.7. The number of ether oxygens (including phenoxy) is 3. The van der Waals surface area contributed by atoms with Gasteiger partial charge < -0.3 is 24.6 Å². The van der Waals surface area contributed by atoms with Gasteiger partial charge in [0.2, 0.25) is 0 Å². The average Bonchev–Trinajstić information content (AvgIpc) is 2.51. The number of carbonyl (C=O) groups is 2. The SMILES string of the molecule is CO[C@H](O)C[C@H](NC(=O)OC(C)(C)C)C(=O)COc1c(F)cccc1F. The maximum atomic E-state index is 13.5. The molecule has 0 saturated carbocycles. The molecule has 9 heteroatoms. The topological polar surface area (TPSA) is 94.1 Å². The van der Waals surface area contributed by atoms with E-state index in [1.165, 1.54) is 7.11 Å². The van der Waals surface area contributed by atoms with Crippen molar-refractivity contribution in [3.63, 3.8) is 0 Å². The van der Waals surface area contributed by atoms with Crippen LogP contribution >= 0.6 is 0 Å². The third-order valence-corrected chi connectivity index (χ3v) is 3.07. The van der Waals surface area contributed by atoms with Crippen molar-refractivity contribution in [2.45, 2.75) is 45.1 Å². The first-order chi connectivity index (χ1) is 12.0. The second kappa shape index (κ2) is 9.44. The van der Waals surface area contributed by atoms with Gasteiger partial charge >= 0.3 is 6.09 Å². The molecule has 0 unspecified atom stereocenters. The Kier molecular flexibility index (Phi) is 7.91. The van der Waals surface area contributed by atoms with Gasteiger partial charge in [-0.1, -0.05) is 6.07 Å². The largest absolute Gasteiger partial charge is 0.480 e. The third-order valence-electron chi connectivity index (χ3n) is 3.07. The predicted octanol–water partition coefficient (Wildman–Crippen LogP) is 2.16. The summed E-state index contributed by atoms with van der Waals surface area (Å²) in [6, 6.07) is 1.87. The minimum Gasteiger partial charge on any atom is -0.480 e. The van der Waals surface area contributed by atoms with Crippen molar-refractivity contribution in [2.24, 2.45) is 0 Å². The van der Waals surface area contributed by atoms with E-state index >= 15 is 0 Å². The molecule has 0 aliphatic rings. The van der Waals surface area contributed by atoms with Crippen LogP contribution in [0, 0.1) is 11.6 Å². The second-order valence-corrected chi connectivity index (χ2v) is 6.43. The Morgan fingerprint density at radius 2 is 1.81 bits per heavy atom. The number of methoxy groups -OCH3 is 1. The molecule has 0 spiro atoms. The van der Waals surface area contributed by atoms with Crippen molar-refractivity contribution < 1.29 is 37.7 Å². The molecule has 0 radical (unpaired) electrons. The van der Waals surface area contributed by atoms with Crippen LogP contribution < -0.4 is 10.1 Å². The van der Waals surface area contributed by atoms with Crippen molar-refractivity contribution in [1.29, 1.82) is 0 Å². The third kappa shape index (κ3) is 7.32. The summed E-state index contributed by atoms with van der Waals surface area (Å²) in [4.78, 5) is 24.1. The van der Waals surface area contributed by atoms with E-state index in [0.29, 0.717) is 0 Å². The monoisotopic (exact) mass is 375 g/mol. The number of amides is 1. The number of hydrogen-bond donors (Lipinski definition) is 2. The van der Waals surface area contributed by atoms with Crippen molar-refractivity contribution in [3.8, 4) is 5.75 Å². The molecule has 2 N–H and O–H groups in total. The first kappa shape index (κ1) is 21.8. The van der Waals surface area contributed by atoms with Gasteiger partial charge in [-0.25, -0.2) is 13.6 Å². The minimum absolute atomic E-state index is 0.294. The molecule has 2 atom stereocenters. The zero-order valence-corrected chi connectivity index (χ0v) is 15.0. The van der Waals surface area contributed by atoms with Crippen LogP contribution in [0.4, 0.5) is 13.6 Å². The zero-order chi connectivity index (χ0) is 19.9. The summed E-state index contributed by atoms with van der Waals surface area (Å²) in [5.74, 6) is -3.36. The lowest BCUT2D eigenvalue weighted by Gasteiger charge is -2.24. The molecule has 1 amide bonds. The van der Waals surface area contributed by atoms with Crippen LogP contribution in [0.5, 0.6) is 5.75 Å². The molecule has 26 heavy (non-hydrogen) atoms. The highest BCUT2D eigenvalue weighted by atomic mass is 19.1. The molecule has 0 saturated heterocycles. The summed E-state index contributed by atoms with van der Waals surface area (Å²) in [6.45, 7) is 4.18. The van der Waals surface area contributed by atoms with Gasteiger partial charge in [0.15, 0.2) is 29.5 Å². The lowest BCUT2D eigenvalue weighted by molar-refractivity contribution is -0.128. The van der Waals surface area contributed by atoms with Crippen LogP contribution in [0.25, 0.3) is 0 Å². The average molecular weight is 375 g/mol. The zero-order valence-electron chi connectivity index (χ0n) is 15.0. The fourth-order valence-electron chi connectivity index (χ4n) is 1.88. The highest BCUT2D eigenvalue weighted by Gasteiger charge is 2.27. The van der Waals surface area contributed by atoms with Crippen LogP contribution in [0.15, 0.2) is 18.2 Å². The fourth-order valence-corrected chi connectivity index (χ4v) is 1.88. The maximum Gasteiger partial charge on any atom is 0.408 e. The van der Waals surface area contributed by atoms with Crippen LogP contribution in [-0.4, -0.2) is 48.6 Å². The van der Waals surface area contributed by atoms with Gasteiger partial charge in [-0.15, -0.1) is 0 Å². The maximum absolute atomic E-state index is 13.5. The van der Waals surface area contributed by atoms with Gasteiger partial charge in [0, 0.05) is 13.5 Å². The van der Waals surface area contributed by atoms with E-state index in [-0.39, 0.29) is 6.42 Å². The van der Waals surface area contributed by atoms with Crippen LogP contribution in [0.2, 0.25) is 0 Å². The molecular weight excluding hydrogens is 352 g/mol. The van der Waals surface area contributed by atoms with Gasteiger partial charge in [0.1, 0.15) is 12.2 Å². The number of halogens is 2. The molecule has 0 aliphatic heterocycles. The standard InChI is InChI=1S/C17H23F2NO6/c1-17(2,3)26-16(23)20-12(8-14(22)24-4)13(21)9-25-15-10(18)6-5-7-11(15)19/h5-7,12,14,22H,8-9H2,1-4H3,(H,20,23)/t12-,14-/m0/s1. The molecule has 0 bridgehead atoms. The van der Waals surface area contributed by atoms with Crippen LogP contribution in [0.1, 0.15) is 27.2 Å². The van der Waals surface area contributed by atoms with Gasteiger partial charge in [-0.05, 0) is 32.9 Å². The Morgan fingerprint density at radius 3 is 2.31 bits per heavy atom. The molecule has 0 aromatic heterocycles. The molecule has 0 fully saturated rings. The van der Waals surface area contributed by atoms with Gasteiger partial charge in [-0.2, -0.15) is 0 Å². The molecule has 7 nitrogen and oxygen atoms in total. The Labute approximate surface area is 150 Å². The highest BCUT2D eigenvalue weighted by molar-refractivity contribution is 5.88. The number of nitrogens with one attached hydrogen (secondary N) is 1. The number of ketones is 1. The summed E-state index contributed by atoms with van der Waals surface area (Å²) in [6.07, 6.45) is -2.53. The fraction of sp³-hybridized carbons (Fsp3) is 0.529. The van der Waals surface area contributed by atoms with E-state index in [9.17, 15) is 23.5 Å². The first-order valence-corrected chi connectivity index (χ1v) is 7.83. The van der Waals surface area contributed by atoms with Crippen LogP contribution in [0.3, 0.4) is 0 Å². The molecule has 1 rings (SSSR count). The Morgan fingerprint density at radius 1 is 1.23 bits per heavy atom. The van der Waals surface area contributed by atoms with E-state index in [2.05, 4.69) is 10.1 Å². The Balaban J connectivity index is 2.79. The number of para-hydroxylation sites is 1. The van der Waals surface area contributed by atoms with Gasteiger partial charge in [-0.3, -0.25) is 4.79 Å². The van der Waals surface area contributed by atoms with Crippen molar-refractivity contribution in [2.75, 3.05) is 13.7 Å². The number of hydrogen-bond acceptors (Lipinski definition) is 6. The summed E-state index contributed by atoms with van der Waals surface area (Å²) >= 11 is 0. The normalized spacial score (nSPS) is 13.7. The smallest absolute Gasteiger partial charge is 0.408 e. The molecule has 1 aromatic carbocycles. The highest BCUT2D eigenvalue weighted by Crippen LogP contribution is 2.21. The first-order valence-electron chi connectivity index (χ1n) is 7.83. The van der Waals surface area contributed by atoms with E-state index in [1.807, 2.05) is 0 Å². The Hall–Kier alpha value is -2.26. The minimum atomic E-state index is -1.34. The lowest BCUT2D eigenvalue weighted by atomic mass is 10.1. The van der Waals surface area contributed by atoms with E-state index in [4.69, 9.17) is 9.47 Å². The van der Waals surface area contributed by atoms with Gasteiger partial charge in [0.25, 0.3) is 0 Å². The number of alkyl carbamates (subject to hydrolysis) is 1. The molecule has 146 valence electrons. The van der Waals surface area contributed by atoms with E-state index < -0.39 is 53.8 Å². The predicted molar refractivity (Wildman–Crippen MR) is 87.7 cm³/mol. The summed E-state index contributed by atoms with van der Waals surface area (Å²) in [5.41, 5.74) is -0.801. The lowest BCUT2D eigenvalue weighted by Crippen LogP contribution is -2.47. The summed E-state index contributed by atoms with van der Waals surface area (Å²) in [5, 5.41) is 11.9. The number of Topliss-reactive ketones (excluding diaryl/α,β-unsaturated/α-hetero) is 1. The quantitative estimate of drug-likeness (QED) is 0.677. The number of rotatable bonds is 8. The van der Waals surface area contributed by atoms with Crippen molar-refractivity contribution in [1.82, 2.24) is 5.32 Å². The van der Waals surface area contributed by atoms with Crippen molar-refractivity contribution >= 4 is 11.9 Å².